The van der Waals surface area contributed by atoms with Crippen LogP contribution in [0.25, 0.3) is 0 Å². The minimum atomic E-state index is -0.602. The number of nitrogens with zero attached hydrogens (tertiary/aromatic N) is 1. The minimum Gasteiger partial charge on any atom is -0.466 e. The molecule has 0 N–H and O–H groups in total. The van der Waals surface area contributed by atoms with Gasteiger partial charge in [-0.1, -0.05) is 0 Å². The average molecular weight is 279 g/mol. The molecule has 5 heteroatoms. The molecule has 0 atom stereocenters. The van der Waals surface area contributed by atoms with Crippen molar-refractivity contribution in [1.82, 2.24) is 4.90 Å². The molecule has 2 rings (SSSR count). The van der Waals surface area contributed by atoms with E-state index in [1.807, 2.05) is 18.7 Å². The van der Waals surface area contributed by atoms with Crippen LogP contribution in [0, 0.1) is 5.41 Å². The van der Waals surface area contributed by atoms with Crippen molar-refractivity contribution in [3.63, 3.8) is 0 Å². The lowest BCUT2D eigenvalue weighted by molar-refractivity contribution is -0.156. The van der Waals surface area contributed by atoms with Gasteiger partial charge in [-0.25, -0.2) is 0 Å². The second-order valence-corrected chi connectivity index (χ2v) is 5.77. The lowest BCUT2D eigenvalue weighted by Gasteiger charge is -2.25. The third-order valence-corrected chi connectivity index (χ3v) is 3.66. The number of amides is 1. The highest BCUT2D eigenvalue weighted by atomic mass is 16.5. The van der Waals surface area contributed by atoms with Crippen LogP contribution in [-0.4, -0.2) is 29.9 Å². The van der Waals surface area contributed by atoms with Gasteiger partial charge in [-0.2, -0.15) is 0 Å². The van der Waals surface area contributed by atoms with E-state index in [1.165, 1.54) is 0 Å². The maximum absolute atomic E-state index is 12.1. The first-order chi connectivity index (χ1) is 9.49. The number of rotatable bonds is 6. The molecule has 1 aromatic heterocycles. The third kappa shape index (κ3) is 3.62. The van der Waals surface area contributed by atoms with Crippen molar-refractivity contribution in [2.45, 2.75) is 39.7 Å². The lowest BCUT2D eigenvalue weighted by atomic mass is 9.89. The summed E-state index contributed by atoms with van der Waals surface area (Å²) in [5.41, 5.74) is -0.602. The van der Waals surface area contributed by atoms with Crippen molar-refractivity contribution >= 4 is 11.9 Å². The Morgan fingerprint density at radius 2 is 2.30 bits per heavy atom. The first kappa shape index (κ1) is 14.6. The zero-order valence-electron chi connectivity index (χ0n) is 12.1. The standard InChI is InChI=1S/C15H21NO4/c1-15(2,7-9-16-8-3-6-13(16)17)14(18)20-11-12-5-4-10-19-12/h4-5,10H,3,6-9,11H2,1-2H3. The van der Waals surface area contributed by atoms with Crippen LogP contribution in [0.1, 0.15) is 38.9 Å². The summed E-state index contributed by atoms with van der Waals surface area (Å²) < 4.78 is 10.4. The van der Waals surface area contributed by atoms with Gasteiger partial charge >= 0.3 is 5.97 Å². The van der Waals surface area contributed by atoms with Gasteiger partial charge in [0.2, 0.25) is 5.91 Å². The van der Waals surface area contributed by atoms with Gasteiger partial charge in [-0.05, 0) is 38.8 Å². The molecular formula is C15H21NO4. The molecule has 0 bridgehead atoms. The van der Waals surface area contributed by atoms with Crippen LogP contribution in [0.15, 0.2) is 22.8 Å². The predicted octanol–water partition coefficient (Wildman–Crippen LogP) is 2.36. The molecule has 0 aromatic carbocycles. The zero-order valence-corrected chi connectivity index (χ0v) is 12.1. The summed E-state index contributed by atoms with van der Waals surface area (Å²) in [5, 5.41) is 0. The largest absolute Gasteiger partial charge is 0.466 e. The van der Waals surface area contributed by atoms with Crippen LogP contribution in [-0.2, 0) is 20.9 Å². The second-order valence-electron chi connectivity index (χ2n) is 5.77. The average Bonchev–Trinajstić information content (AvgIpc) is 3.05. The molecule has 1 aromatic rings. The van der Waals surface area contributed by atoms with Crippen LogP contribution in [0.4, 0.5) is 0 Å². The quantitative estimate of drug-likeness (QED) is 0.750. The van der Waals surface area contributed by atoms with Gasteiger partial charge in [-0.15, -0.1) is 0 Å². The van der Waals surface area contributed by atoms with E-state index in [-0.39, 0.29) is 18.5 Å². The molecule has 20 heavy (non-hydrogen) atoms. The van der Waals surface area contributed by atoms with Crippen molar-refractivity contribution in [1.29, 1.82) is 0 Å². The van der Waals surface area contributed by atoms with Gasteiger partial charge in [0.05, 0.1) is 11.7 Å². The number of ether oxygens (including phenoxy) is 1. The Labute approximate surface area is 118 Å². The predicted molar refractivity (Wildman–Crippen MR) is 72.7 cm³/mol. The fraction of sp³-hybridized carbons (Fsp3) is 0.600. The Hall–Kier alpha value is -1.78. The molecule has 1 fully saturated rings. The molecule has 1 aliphatic heterocycles. The highest BCUT2D eigenvalue weighted by molar-refractivity contribution is 5.78. The highest BCUT2D eigenvalue weighted by Crippen LogP contribution is 2.24. The second kappa shape index (κ2) is 6.11. The van der Waals surface area contributed by atoms with Crippen molar-refractivity contribution in [2.75, 3.05) is 13.1 Å². The first-order valence-corrected chi connectivity index (χ1v) is 6.96. The van der Waals surface area contributed by atoms with Gasteiger partial charge in [0, 0.05) is 19.5 Å². The number of furan rings is 1. The number of carbonyl (C=O) groups is 2. The van der Waals surface area contributed by atoms with E-state index in [0.29, 0.717) is 25.1 Å². The Kier molecular flexibility index (Phi) is 4.47. The maximum Gasteiger partial charge on any atom is 0.312 e. The number of likely N-dealkylation sites (tertiary alicyclic amines) is 1. The monoisotopic (exact) mass is 279 g/mol. The van der Waals surface area contributed by atoms with E-state index in [1.54, 1.807) is 18.4 Å². The molecule has 0 saturated carbocycles. The van der Waals surface area contributed by atoms with Crippen molar-refractivity contribution in [3.05, 3.63) is 24.2 Å². The molecule has 0 aliphatic carbocycles. The first-order valence-electron chi connectivity index (χ1n) is 6.96. The van der Waals surface area contributed by atoms with Gasteiger partial charge in [0.15, 0.2) is 0 Å². The van der Waals surface area contributed by atoms with E-state index in [2.05, 4.69) is 0 Å². The molecular weight excluding hydrogens is 258 g/mol. The third-order valence-electron chi connectivity index (χ3n) is 3.66. The van der Waals surface area contributed by atoms with Crippen molar-refractivity contribution < 1.29 is 18.7 Å². The highest BCUT2D eigenvalue weighted by Gasteiger charge is 2.31. The molecule has 1 aliphatic rings. The van der Waals surface area contributed by atoms with Crippen molar-refractivity contribution in [3.8, 4) is 0 Å². The molecule has 5 nitrogen and oxygen atoms in total. The summed E-state index contributed by atoms with van der Waals surface area (Å²) in [6.45, 7) is 5.26. The van der Waals surface area contributed by atoms with E-state index in [4.69, 9.17) is 9.15 Å². The Bertz CT molecular complexity index is 464. The van der Waals surface area contributed by atoms with Crippen LogP contribution in [0.3, 0.4) is 0 Å². The molecule has 1 amide bonds. The summed E-state index contributed by atoms with van der Waals surface area (Å²) in [6, 6.07) is 3.52. The fourth-order valence-corrected chi connectivity index (χ4v) is 2.18. The number of hydrogen-bond donors (Lipinski definition) is 0. The number of esters is 1. The lowest BCUT2D eigenvalue weighted by Crippen LogP contribution is -2.33. The molecule has 0 unspecified atom stereocenters. The molecule has 2 heterocycles. The Morgan fingerprint density at radius 3 is 2.90 bits per heavy atom. The molecule has 0 spiro atoms. The van der Waals surface area contributed by atoms with Crippen LogP contribution < -0.4 is 0 Å². The number of carbonyl (C=O) groups excluding carboxylic acids is 2. The minimum absolute atomic E-state index is 0.151. The van der Waals surface area contributed by atoms with E-state index < -0.39 is 5.41 Å². The van der Waals surface area contributed by atoms with Gasteiger partial charge in [-0.3, -0.25) is 9.59 Å². The molecule has 110 valence electrons. The normalized spacial score (nSPS) is 15.7. The number of hydrogen-bond acceptors (Lipinski definition) is 4. The summed E-state index contributed by atoms with van der Waals surface area (Å²) in [7, 11) is 0. The fourth-order valence-electron chi connectivity index (χ4n) is 2.18. The van der Waals surface area contributed by atoms with E-state index in [0.717, 1.165) is 13.0 Å². The van der Waals surface area contributed by atoms with Crippen LogP contribution >= 0.6 is 0 Å². The van der Waals surface area contributed by atoms with Crippen LogP contribution in [0.2, 0.25) is 0 Å². The Morgan fingerprint density at radius 1 is 1.50 bits per heavy atom. The SMILES string of the molecule is CC(C)(CCN1CCCC1=O)C(=O)OCc1ccco1. The van der Waals surface area contributed by atoms with E-state index in [9.17, 15) is 9.59 Å². The topological polar surface area (TPSA) is 59.8 Å². The van der Waals surface area contributed by atoms with Gasteiger partial charge in [0.25, 0.3) is 0 Å². The zero-order chi connectivity index (χ0) is 14.6. The summed E-state index contributed by atoms with van der Waals surface area (Å²) >= 11 is 0. The van der Waals surface area contributed by atoms with Gasteiger partial charge in [0.1, 0.15) is 12.4 Å². The Balaban J connectivity index is 1.79. The molecule has 0 radical (unpaired) electrons. The summed E-state index contributed by atoms with van der Waals surface area (Å²) in [6.07, 6.45) is 3.70. The smallest absolute Gasteiger partial charge is 0.312 e. The maximum atomic E-state index is 12.1. The molecule has 1 saturated heterocycles. The summed E-state index contributed by atoms with van der Waals surface area (Å²) in [5.74, 6) is 0.550. The van der Waals surface area contributed by atoms with Crippen LogP contribution in [0.5, 0.6) is 0 Å². The van der Waals surface area contributed by atoms with E-state index >= 15 is 0 Å². The summed E-state index contributed by atoms with van der Waals surface area (Å²) in [4.78, 5) is 25.4. The van der Waals surface area contributed by atoms with Crippen molar-refractivity contribution in [2.24, 2.45) is 5.41 Å². The van der Waals surface area contributed by atoms with Gasteiger partial charge < -0.3 is 14.1 Å².